The number of amides is 3. The van der Waals surface area contributed by atoms with Gasteiger partial charge in [-0.05, 0) is 31.0 Å². The Kier molecular flexibility index (Phi) is 2.62. The van der Waals surface area contributed by atoms with E-state index in [2.05, 4.69) is 5.32 Å². The number of carboxylic acids is 1. The Hall–Kier alpha value is -2.70. The summed E-state index contributed by atoms with van der Waals surface area (Å²) in [7, 11) is 1.37. The van der Waals surface area contributed by atoms with E-state index in [1.807, 2.05) is 0 Å². The number of carbonyl (C=O) groups is 4. The van der Waals surface area contributed by atoms with Crippen LogP contribution in [0.15, 0.2) is 18.2 Å². The Morgan fingerprint density at radius 1 is 1.19 bits per heavy atom. The van der Waals surface area contributed by atoms with Gasteiger partial charge in [0.2, 0.25) is 0 Å². The second kappa shape index (κ2) is 4.15. The highest BCUT2D eigenvalue weighted by atomic mass is 16.4. The van der Waals surface area contributed by atoms with Crippen LogP contribution >= 0.6 is 0 Å². The highest BCUT2D eigenvalue weighted by molar-refractivity contribution is 6.21. The summed E-state index contributed by atoms with van der Waals surface area (Å²) in [6.07, 6.45) is 0.776. The number of fused-ring (bicyclic) bond motifs is 1. The Balaban J connectivity index is 1.89. The molecule has 0 radical (unpaired) electrons. The lowest BCUT2D eigenvalue weighted by Gasteiger charge is -2.12. The van der Waals surface area contributed by atoms with Gasteiger partial charge in [0.05, 0.1) is 11.1 Å². The van der Waals surface area contributed by atoms with E-state index in [4.69, 9.17) is 5.11 Å². The van der Waals surface area contributed by atoms with Crippen molar-refractivity contribution in [1.82, 2.24) is 10.2 Å². The number of carbonyl (C=O) groups excluding carboxylic acids is 3. The van der Waals surface area contributed by atoms with Crippen molar-refractivity contribution in [3.05, 3.63) is 34.9 Å². The van der Waals surface area contributed by atoms with Gasteiger partial charge in [-0.15, -0.1) is 0 Å². The summed E-state index contributed by atoms with van der Waals surface area (Å²) in [5.74, 6) is -2.51. The summed E-state index contributed by atoms with van der Waals surface area (Å²) in [6, 6.07) is 4.15. The van der Waals surface area contributed by atoms with Crippen LogP contribution in [0.5, 0.6) is 0 Å². The molecule has 0 aromatic heterocycles. The monoisotopic (exact) mass is 288 g/mol. The third-order valence-electron chi connectivity index (χ3n) is 3.86. The van der Waals surface area contributed by atoms with Crippen LogP contribution in [0, 0.1) is 0 Å². The van der Waals surface area contributed by atoms with Crippen LogP contribution in [0.3, 0.4) is 0 Å². The number of nitrogens with zero attached hydrogens (tertiary/aromatic N) is 1. The van der Waals surface area contributed by atoms with Gasteiger partial charge in [0.25, 0.3) is 17.7 Å². The summed E-state index contributed by atoms with van der Waals surface area (Å²) >= 11 is 0. The minimum atomic E-state index is -1.19. The van der Waals surface area contributed by atoms with Crippen LogP contribution in [0.25, 0.3) is 0 Å². The fraction of sp³-hybridized carbons (Fsp3) is 0.286. The zero-order valence-corrected chi connectivity index (χ0v) is 11.2. The average molecular weight is 288 g/mol. The van der Waals surface area contributed by atoms with Crippen molar-refractivity contribution in [3.63, 3.8) is 0 Å². The van der Waals surface area contributed by atoms with E-state index < -0.39 is 29.2 Å². The minimum Gasteiger partial charge on any atom is -0.480 e. The number of carboxylic acid groups (broad SMARTS) is 1. The second-order valence-corrected chi connectivity index (χ2v) is 5.27. The van der Waals surface area contributed by atoms with Gasteiger partial charge in [0.15, 0.2) is 0 Å². The van der Waals surface area contributed by atoms with Gasteiger partial charge in [-0.1, -0.05) is 0 Å². The first-order chi connectivity index (χ1) is 9.85. The van der Waals surface area contributed by atoms with Crippen molar-refractivity contribution in [3.8, 4) is 0 Å². The van der Waals surface area contributed by atoms with Crippen molar-refractivity contribution in [2.75, 3.05) is 7.05 Å². The van der Waals surface area contributed by atoms with E-state index in [9.17, 15) is 19.2 Å². The lowest BCUT2D eigenvalue weighted by molar-refractivity contribution is -0.140. The topological polar surface area (TPSA) is 104 Å². The van der Waals surface area contributed by atoms with E-state index in [-0.39, 0.29) is 16.7 Å². The van der Waals surface area contributed by atoms with Crippen molar-refractivity contribution in [1.29, 1.82) is 0 Å². The molecule has 2 N–H and O–H groups in total. The summed E-state index contributed by atoms with van der Waals surface area (Å²) in [4.78, 5) is 47.7. The molecule has 2 aliphatic rings. The Bertz CT molecular complexity index is 705. The van der Waals surface area contributed by atoms with E-state index in [0.717, 1.165) is 4.90 Å². The van der Waals surface area contributed by atoms with Gasteiger partial charge in [0.1, 0.15) is 5.54 Å². The van der Waals surface area contributed by atoms with Crippen molar-refractivity contribution < 1.29 is 24.3 Å². The third kappa shape index (κ3) is 1.89. The van der Waals surface area contributed by atoms with Crippen LogP contribution in [0.2, 0.25) is 0 Å². The van der Waals surface area contributed by atoms with E-state index in [1.54, 1.807) is 0 Å². The molecule has 3 rings (SSSR count). The van der Waals surface area contributed by atoms with Crippen LogP contribution < -0.4 is 5.32 Å². The predicted molar refractivity (Wildman–Crippen MR) is 69.9 cm³/mol. The van der Waals surface area contributed by atoms with Gasteiger partial charge in [-0.25, -0.2) is 4.79 Å². The normalized spacial score (nSPS) is 18.4. The van der Waals surface area contributed by atoms with Crippen LogP contribution in [0.4, 0.5) is 0 Å². The molecule has 1 aliphatic heterocycles. The SMILES string of the molecule is CN1C(=O)c2ccc(C(=O)NC3(C(=O)O)CC3)cc2C1=O. The highest BCUT2D eigenvalue weighted by Gasteiger charge is 2.51. The Morgan fingerprint density at radius 2 is 1.81 bits per heavy atom. The van der Waals surface area contributed by atoms with Gasteiger partial charge in [-0.2, -0.15) is 0 Å². The standard InChI is InChI=1S/C14H12N2O5/c1-16-11(18)8-3-2-7(6-9(8)12(16)19)10(17)15-14(4-5-14)13(20)21/h2-3,6H,4-5H2,1H3,(H,15,17)(H,20,21). The fourth-order valence-corrected chi connectivity index (χ4v) is 2.31. The number of rotatable bonds is 3. The molecule has 1 aliphatic carbocycles. The van der Waals surface area contributed by atoms with E-state index in [0.29, 0.717) is 12.8 Å². The molecule has 1 aromatic carbocycles. The smallest absolute Gasteiger partial charge is 0.329 e. The Labute approximate surface area is 119 Å². The summed E-state index contributed by atoms with van der Waals surface area (Å²) in [5, 5.41) is 11.5. The van der Waals surface area contributed by atoms with Crippen molar-refractivity contribution in [2.45, 2.75) is 18.4 Å². The van der Waals surface area contributed by atoms with Gasteiger partial charge in [-0.3, -0.25) is 19.3 Å². The number of hydrogen-bond acceptors (Lipinski definition) is 4. The molecule has 108 valence electrons. The Morgan fingerprint density at radius 3 is 2.38 bits per heavy atom. The zero-order valence-electron chi connectivity index (χ0n) is 11.2. The molecule has 3 amide bonds. The average Bonchev–Trinajstić information content (AvgIpc) is 3.21. The molecule has 7 nitrogen and oxygen atoms in total. The van der Waals surface area contributed by atoms with Crippen molar-refractivity contribution >= 4 is 23.7 Å². The molecule has 1 fully saturated rings. The van der Waals surface area contributed by atoms with Crippen molar-refractivity contribution in [2.24, 2.45) is 0 Å². The molecule has 21 heavy (non-hydrogen) atoms. The number of hydrogen-bond donors (Lipinski definition) is 2. The van der Waals surface area contributed by atoms with Crippen LogP contribution in [0.1, 0.15) is 43.9 Å². The van der Waals surface area contributed by atoms with E-state index in [1.165, 1.54) is 25.2 Å². The highest BCUT2D eigenvalue weighted by Crippen LogP contribution is 2.36. The van der Waals surface area contributed by atoms with E-state index >= 15 is 0 Å². The quantitative estimate of drug-likeness (QED) is 0.776. The molecule has 7 heteroatoms. The van der Waals surface area contributed by atoms with Crippen LogP contribution in [-0.2, 0) is 4.79 Å². The zero-order chi connectivity index (χ0) is 15.4. The van der Waals surface area contributed by atoms with Crippen LogP contribution in [-0.4, -0.2) is 46.3 Å². The number of aliphatic carboxylic acids is 1. The predicted octanol–water partition coefficient (Wildman–Crippen LogP) is 0.259. The molecule has 1 heterocycles. The molecular weight excluding hydrogens is 276 g/mol. The van der Waals surface area contributed by atoms with Gasteiger partial charge >= 0.3 is 5.97 Å². The molecule has 0 bridgehead atoms. The molecule has 0 spiro atoms. The first kappa shape index (κ1) is 13.3. The van der Waals surface area contributed by atoms with Gasteiger partial charge < -0.3 is 10.4 Å². The maximum atomic E-state index is 12.1. The lowest BCUT2D eigenvalue weighted by atomic mass is 10.0. The molecular formula is C14H12N2O5. The molecule has 0 unspecified atom stereocenters. The summed E-state index contributed by atoms with van der Waals surface area (Å²) in [5.41, 5.74) is -0.612. The first-order valence-corrected chi connectivity index (χ1v) is 6.38. The number of nitrogens with one attached hydrogen (secondary N) is 1. The maximum Gasteiger partial charge on any atom is 0.329 e. The summed E-state index contributed by atoms with van der Waals surface area (Å²) in [6.45, 7) is 0. The number of benzene rings is 1. The minimum absolute atomic E-state index is 0.162. The molecule has 0 saturated heterocycles. The summed E-state index contributed by atoms with van der Waals surface area (Å²) < 4.78 is 0. The second-order valence-electron chi connectivity index (χ2n) is 5.27. The molecule has 1 aromatic rings. The van der Waals surface area contributed by atoms with Gasteiger partial charge in [0, 0.05) is 12.6 Å². The largest absolute Gasteiger partial charge is 0.480 e. The molecule has 1 saturated carbocycles. The third-order valence-corrected chi connectivity index (χ3v) is 3.86. The number of imide groups is 1. The fourth-order valence-electron chi connectivity index (χ4n) is 2.31. The maximum absolute atomic E-state index is 12.1. The first-order valence-electron chi connectivity index (χ1n) is 6.38. The lowest BCUT2D eigenvalue weighted by Crippen LogP contribution is -2.43. The molecule has 0 atom stereocenters.